The maximum absolute atomic E-state index is 14.0. The maximum atomic E-state index is 14.0. The van der Waals surface area contributed by atoms with Crippen molar-refractivity contribution in [2.24, 2.45) is 0 Å². The molecule has 0 radical (unpaired) electrons. The molecule has 1 aliphatic rings. The van der Waals surface area contributed by atoms with Crippen LogP contribution in [0.3, 0.4) is 0 Å². The molecule has 2 heterocycles. The molecule has 0 bridgehead atoms. The number of anilines is 2. The molecule has 4 rings (SSSR count). The van der Waals surface area contributed by atoms with Crippen molar-refractivity contribution in [1.29, 1.82) is 0 Å². The topological polar surface area (TPSA) is 87.3 Å². The summed E-state index contributed by atoms with van der Waals surface area (Å²) in [6.45, 7) is 3.73. The molecule has 0 aliphatic carbocycles. The summed E-state index contributed by atoms with van der Waals surface area (Å²) in [5.41, 5.74) is 3.20. The Morgan fingerprint density at radius 3 is 2.54 bits per heavy atom. The molecule has 2 aromatic carbocycles. The summed E-state index contributed by atoms with van der Waals surface area (Å²) in [6.07, 6.45) is 0. The summed E-state index contributed by atoms with van der Waals surface area (Å²) in [5.74, 6) is -0.757. The maximum Gasteiger partial charge on any atom is 0.336 e. The van der Waals surface area contributed by atoms with E-state index in [2.05, 4.69) is 15.3 Å². The van der Waals surface area contributed by atoms with Crippen molar-refractivity contribution in [3.8, 4) is 0 Å². The second kappa shape index (κ2) is 10.4. The Bertz CT molecular complexity index is 1340. The quantitative estimate of drug-likeness (QED) is 0.281. The standard InChI is InChI=1S/C26H27FN4O3S/c1-5-34-25(33)20-15(2)28-23-22(21(20)16-10-12-18(13-11-16)31(3)4)24(32)30-26(29-23)35-14-17-8-6-7-9-19(17)27/h6-13,21H,5,14H2,1-4H3,(H2,28,29,30,32). The zero-order valence-electron chi connectivity index (χ0n) is 20.0. The van der Waals surface area contributed by atoms with Crippen molar-refractivity contribution in [3.63, 3.8) is 0 Å². The van der Waals surface area contributed by atoms with Crippen LogP contribution < -0.4 is 15.8 Å². The second-order valence-corrected chi connectivity index (χ2v) is 9.28. The van der Waals surface area contributed by atoms with E-state index < -0.39 is 11.9 Å². The molecule has 0 amide bonds. The molecule has 9 heteroatoms. The van der Waals surface area contributed by atoms with E-state index in [9.17, 15) is 14.0 Å². The zero-order chi connectivity index (χ0) is 25.1. The number of H-pyrrole nitrogens is 1. The summed E-state index contributed by atoms with van der Waals surface area (Å²) < 4.78 is 19.3. The van der Waals surface area contributed by atoms with Crippen LogP contribution in [0.5, 0.6) is 0 Å². The van der Waals surface area contributed by atoms with E-state index in [0.29, 0.717) is 39.1 Å². The van der Waals surface area contributed by atoms with Gasteiger partial charge in [0, 0.05) is 31.2 Å². The minimum absolute atomic E-state index is 0.217. The molecule has 1 atom stereocenters. The van der Waals surface area contributed by atoms with E-state index in [-0.39, 0.29) is 18.0 Å². The average molecular weight is 495 g/mol. The van der Waals surface area contributed by atoms with E-state index in [1.807, 2.05) is 43.3 Å². The zero-order valence-corrected chi connectivity index (χ0v) is 20.8. The highest BCUT2D eigenvalue weighted by Crippen LogP contribution is 2.40. The SMILES string of the molecule is CCOC(=O)C1=C(C)Nc2nc(SCc3ccccc3F)[nH]c(=O)c2C1c1ccc(N(C)C)cc1. The number of benzene rings is 2. The van der Waals surface area contributed by atoms with Gasteiger partial charge in [-0.2, -0.15) is 0 Å². The van der Waals surface area contributed by atoms with Gasteiger partial charge in [-0.05, 0) is 43.2 Å². The number of carbonyl (C=O) groups excluding carboxylic acids is 1. The Labute approximate surface area is 207 Å². The van der Waals surface area contributed by atoms with Crippen molar-refractivity contribution < 1.29 is 13.9 Å². The minimum atomic E-state index is -0.650. The van der Waals surface area contributed by atoms with E-state index >= 15 is 0 Å². The van der Waals surface area contributed by atoms with Gasteiger partial charge in [0.25, 0.3) is 5.56 Å². The number of hydrogen-bond acceptors (Lipinski definition) is 7. The summed E-state index contributed by atoms with van der Waals surface area (Å²) in [4.78, 5) is 35.7. The fourth-order valence-electron chi connectivity index (χ4n) is 4.04. The van der Waals surface area contributed by atoms with E-state index in [1.54, 1.807) is 32.0 Å². The number of nitrogens with one attached hydrogen (secondary N) is 2. The Hall–Kier alpha value is -3.59. The molecule has 0 saturated heterocycles. The number of fused-ring (bicyclic) bond motifs is 1. The first-order chi connectivity index (χ1) is 16.8. The molecule has 1 unspecified atom stereocenters. The van der Waals surface area contributed by atoms with Gasteiger partial charge in [0.15, 0.2) is 5.16 Å². The lowest BCUT2D eigenvalue weighted by Crippen LogP contribution is -2.31. The lowest BCUT2D eigenvalue weighted by molar-refractivity contribution is -0.138. The van der Waals surface area contributed by atoms with E-state index in [0.717, 1.165) is 11.3 Å². The van der Waals surface area contributed by atoms with Crippen LogP contribution in [0.15, 0.2) is 69.8 Å². The normalized spacial score (nSPS) is 14.8. The fraction of sp³-hybridized carbons (Fsp3) is 0.269. The average Bonchev–Trinajstić information content (AvgIpc) is 2.82. The summed E-state index contributed by atoms with van der Waals surface area (Å²) in [7, 11) is 3.89. The molecule has 0 spiro atoms. The van der Waals surface area contributed by atoms with Gasteiger partial charge in [0.2, 0.25) is 0 Å². The first kappa shape index (κ1) is 24.5. The van der Waals surface area contributed by atoms with Gasteiger partial charge < -0.3 is 19.9 Å². The number of rotatable bonds is 7. The van der Waals surface area contributed by atoms with Crippen molar-refractivity contribution in [2.45, 2.75) is 30.7 Å². The monoisotopic (exact) mass is 494 g/mol. The largest absolute Gasteiger partial charge is 0.463 e. The summed E-state index contributed by atoms with van der Waals surface area (Å²) in [6, 6.07) is 14.2. The number of hydrogen-bond donors (Lipinski definition) is 2. The van der Waals surface area contributed by atoms with Gasteiger partial charge in [-0.3, -0.25) is 4.79 Å². The fourth-order valence-corrected chi connectivity index (χ4v) is 4.89. The molecule has 3 aromatic rings. The van der Waals surface area contributed by atoms with Crippen LogP contribution in [-0.4, -0.2) is 36.6 Å². The minimum Gasteiger partial charge on any atom is -0.463 e. The first-order valence-corrected chi connectivity index (χ1v) is 12.2. The van der Waals surface area contributed by atoms with Gasteiger partial charge >= 0.3 is 5.97 Å². The highest BCUT2D eigenvalue weighted by atomic mass is 32.2. The van der Waals surface area contributed by atoms with Crippen molar-refractivity contribution in [3.05, 3.63) is 92.7 Å². The van der Waals surface area contributed by atoms with Gasteiger partial charge in [-0.1, -0.05) is 42.1 Å². The van der Waals surface area contributed by atoms with Crippen LogP contribution in [0.1, 0.15) is 36.5 Å². The van der Waals surface area contributed by atoms with Crippen LogP contribution in [0, 0.1) is 5.82 Å². The number of thioether (sulfide) groups is 1. The Morgan fingerprint density at radius 1 is 1.17 bits per heavy atom. The predicted molar refractivity (Wildman–Crippen MR) is 136 cm³/mol. The lowest BCUT2D eigenvalue weighted by atomic mass is 9.82. The Morgan fingerprint density at radius 2 is 1.89 bits per heavy atom. The number of allylic oxidation sites excluding steroid dienone is 1. The van der Waals surface area contributed by atoms with Gasteiger partial charge in [0.05, 0.1) is 23.7 Å². The predicted octanol–water partition coefficient (Wildman–Crippen LogP) is 4.66. The van der Waals surface area contributed by atoms with Crippen molar-refractivity contribution in [2.75, 3.05) is 30.9 Å². The molecule has 35 heavy (non-hydrogen) atoms. The van der Waals surface area contributed by atoms with Gasteiger partial charge in [0.1, 0.15) is 11.6 Å². The number of halogens is 1. The van der Waals surface area contributed by atoms with Crippen LogP contribution >= 0.6 is 11.8 Å². The molecule has 1 aliphatic heterocycles. The van der Waals surface area contributed by atoms with E-state index in [1.165, 1.54) is 17.8 Å². The second-order valence-electron chi connectivity index (χ2n) is 8.32. The summed E-state index contributed by atoms with van der Waals surface area (Å²) >= 11 is 1.23. The van der Waals surface area contributed by atoms with Crippen LogP contribution in [0.25, 0.3) is 0 Å². The smallest absolute Gasteiger partial charge is 0.336 e. The number of aromatic nitrogens is 2. The van der Waals surface area contributed by atoms with Gasteiger partial charge in [-0.25, -0.2) is 14.2 Å². The number of nitrogens with zero attached hydrogens (tertiary/aromatic N) is 2. The highest BCUT2D eigenvalue weighted by Gasteiger charge is 2.36. The number of carbonyl (C=O) groups is 1. The van der Waals surface area contributed by atoms with Gasteiger partial charge in [-0.15, -0.1) is 0 Å². The third kappa shape index (κ3) is 5.09. The first-order valence-electron chi connectivity index (χ1n) is 11.2. The Balaban J connectivity index is 1.76. The number of ether oxygens (including phenoxy) is 1. The van der Waals surface area contributed by atoms with E-state index in [4.69, 9.17) is 4.74 Å². The Kier molecular flexibility index (Phi) is 7.25. The third-order valence-electron chi connectivity index (χ3n) is 5.78. The third-order valence-corrected chi connectivity index (χ3v) is 6.70. The highest BCUT2D eigenvalue weighted by molar-refractivity contribution is 7.98. The van der Waals surface area contributed by atoms with Crippen LogP contribution in [0.2, 0.25) is 0 Å². The van der Waals surface area contributed by atoms with Crippen LogP contribution in [-0.2, 0) is 15.3 Å². The van der Waals surface area contributed by atoms with Crippen molar-refractivity contribution >= 4 is 29.2 Å². The summed E-state index contributed by atoms with van der Waals surface area (Å²) in [5, 5.41) is 3.48. The van der Waals surface area contributed by atoms with Crippen LogP contribution in [0.4, 0.5) is 15.9 Å². The molecule has 182 valence electrons. The number of esters is 1. The molecule has 1 aromatic heterocycles. The molecular weight excluding hydrogens is 467 g/mol. The molecule has 2 N–H and O–H groups in total. The van der Waals surface area contributed by atoms with Crippen molar-refractivity contribution in [1.82, 2.24) is 9.97 Å². The molecule has 0 saturated carbocycles. The molecular formula is C26H27FN4O3S. The molecule has 7 nitrogen and oxygen atoms in total. The molecule has 0 fully saturated rings. The number of aromatic amines is 1. The lowest BCUT2D eigenvalue weighted by Gasteiger charge is -2.29.